The number of benzene rings is 1. The predicted molar refractivity (Wildman–Crippen MR) is 72.1 cm³/mol. The molecule has 104 valence electrons. The molecule has 0 spiro atoms. The number of rotatable bonds is 2. The van der Waals surface area contributed by atoms with Crippen molar-refractivity contribution in [3.63, 3.8) is 0 Å². The molecule has 0 atom stereocenters. The fourth-order valence-corrected chi connectivity index (χ4v) is 2.06. The zero-order valence-electron chi connectivity index (χ0n) is 11.3. The molecule has 6 heteroatoms. The van der Waals surface area contributed by atoms with Gasteiger partial charge in [-0.15, -0.1) is 0 Å². The second-order valence-corrected chi connectivity index (χ2v) is 6.08. The molecule has 19 heavy (non-hydrogen) atoms. The second-order valence-electron chi connectivity index (χ2n) is 5.67. The summed E-state index contributed by atoms with van der Waals surface area (Å²) in [6.45, 7) is 7.65. The Hall–Kier alpha value is -0.645. The van der Waals surface area contributed by atoms with E-state index in [1.165, 1.54) is 12.1 Å². The molecule has 1 aliphatic heterocycles. The third-order valence-electron chi connectivity index (χ3n) is 3.78. The van der Waals surface area contributed by atoms with E-state index >= 15 is 0 Å². The lowest BCUT2D eigenvalue weighted by Gasteiger charge is -2.32. The molecule has 2 nitrogen and oxygen atoms in total. The molecule has 2 rings (SSSR count). The Morgan fingerprint density at radius 3 is 2.11 bits per heavy atom. The number of hydrogen-bond acceptors (Lipinski definition) is 2. The largest absolute Gasteiger partial charge is 0.494 e. The van der Waals surface area contributed by atoms with E-state index in [1.54, 1.807) is 6.07 Å². The Morgan fingerprint density at radius 2 is 1.63 bits per heavy atom. The summed E-state index contributed by atoms with van der Waals surface area (Å²) >= 11 is 5.75. The minimum Gasteiger partial charge on any atom is -0.399 e. The van der Waals surface area contributed by atoms with Crippen LogP contribution in [0.4, 0.5) is 8.78 Å². The molecular weight excluding hydrogens is 272 g/mol. The van der Waals surface area contributed by atoms with Crippen molar-refractivity contribution in [3.8, 4) is 0 Å². The molecule has 1 aliphatic rings. The fraction of sp³-hybridized carbons (Fsp3) is 0.538. The molecule has 0 unspecified atom stereocenters. The van der Waals surface area contributed by atoms with Gasteiger partial charge in [0, 0.05) is 10.6 Å². The smallest absolute Gasteiger partial charge is 0.399 e. The van der Waals surface area contributed by atoms with Gasteiger partial charge < -0.3 is 9.31 Å². The molecule has 1 heterocycles. The first-order chi connectivity index (χ1) is 8.64. The summed E-state index contributed by atoms with van der Waals surface area (Å²) in [6.07, 6.45) is -2.62. The lowest BCUT2D eigenvalue weighted by Crippen LogP contribution is -2.41. The van der Waals surface area contributed by atoms with Crippen LogP contribution in [0, 0.1) is 0 Å². The van der Waals surface area contributed by atoms with E-state index in [0.717, 1.165) is 0 Å². The first-order valence-corrected chi connectivity index (χ1v) is 6.45. The van der Waals surface area contributed by atoms with E-state index < -0.39 is 24.7 Å². The summed E-state index contributed by atoms with van der Waals surface area (Å²) in [5, 5.41) is 0.0512. The molecule has 0 radical (unpaired) electrons. The Morgan fingerprint density at radius 1 is 1.11 bits per heavy atom. The molecule has 0 N–H and O–H groups in total. The summed E-state index contributed by atoms with van der Waals surface area (Å²) in [5.74, 6) is 0. The Kier molecular flexibility index (Phi) is 3.67. The Bertz CT molecular complexity index is 476. The number of alkyl halides is 2. The van der Waals surface area contributed by atoms with Gasteiger partial charge in [0.25, 0.3) is 6.43 Å². The molecule has 0 aromatic heterocycles. The molecule has 0 aliphatic carbocycles. The average molecular weight is 289 g/mol. The van der Waals surface area contributed by atoms with Gasteiger partial charge in [-0.3, -0.25) is 0 Å². The molecule has 1 saturated heterocycles. The van der Waals surface area contributed by atoms with Crippen LogP contribution in [0.15, 0.2) is 18.2 Å². The van der Waals surface area contributed by atoms with Gasteiger partial charge in [0.05, 0.1) is 11.2 Å². The van der Waals surface area contributed by atoms with Crippen molar-refractivity contribution >= 4 is 24.2 Å². The highest BCUT2D eigenvalue weighted by molar-refractivity contribution is 6.62. The van der Waals surface area contributed by atoms with Gasteiger partial charge in [0.2, 0.25) is 0 Å². The normalized spacial score (nSPS) is 21.2. The van der Waals surface area contributed by atoms with Crippen LogP contribution in [-0.2, 0) is 9.31 Å². The maximum Gasteiger partial charge on any atom is 0.494 e. The highest BCUT2D eigenvalue weighted by Gasteiger charge is 2.51. The van der Waals surface area contributed by atoms with Crippen LogP contribution < -0.4 is 5.46 Å². The highest BCUT2D eigenvalue weighted by Crippen LogP contribution is 2.37. The first kappa shape index (κ1) is 14.8. The topological polar surface area (TPSA) is 18.5 Å². The van der Waals surface area contributed by atoms with E-state index in [9.17, 15) is 8.78 Å². The van der Waals surface area contributed by atoms with E-state index in [-0.39, 0.29) is 10.6 Å². The summed E-state index contributed by atoms with van der Waals surface area (Å²) in [6, 6.07) is 4.44. The molecule has 0 amide bonds. The van der Waals surface area contributed by atoms with Crippen molar-refractivity contribution in [2.75, 3.05) is 0 Å². The van der Waals surface area contributed by atoms with Crippen LogP contribution in [0.25, 0.3) is 0 Å². The summed E-state index contributed by atoms with van der Waals surface area (Å²) in [5.41, 5.74) is -0.642. The van der Waals surface area contributed by atoms with Crippen LogP contribution in [0.1, 0.15) is 39.7 Å². The van der Waals surface area contributed by atoms with Gasteiger partial charge in [0.1, 0.15) is 0 Å². The lowest BCUT2D eigenvalue weighted by atomic mass is 9.78. The number of hydrogen-bond donors (Lipinski definition) is 0. The standard InChI is InChI=1S/C13H16BClF2O2/c1-12(2)13(3,4)19-14(18-12)8-5-6-10(15)9(7-8)11(16)17/h5-7,11H,1-4H3. The minimum atomic E-state index is -2.62. The molecule has 1 fully saturated rings. The Labute approximate surface area is 117 Å². The van der Waals surface area contributed by atoms with Crippen LogP contribution >= 0.6 is 11.6 Å². The SMILES string of the molecule is CC1(C)OB(c2ccc(Cl)c(C(F)F)c2)OC1(C)C. The maximum absolute atomic E-state index is 12.8. The van der Waals surface area contributed by atoms with Crippen molar-refractivity contribution in [1.29, 1.82) is 0 Å². The number of halogens is 3. The zero-order valence-corrected chi connectivity index (χ0v) is 12.1. The van der Waals surface area contributed by atoms with Gasteiger partial charge in [-0.05, 0) is 39.2 Å². The van der Waals surface area contributed by atoms with Crippen molar-refractivity contribution < 1.29 is 18.1 Å². The van der Waals surface area contributed by atoms with E-state index in [4.69, 9.17) is 20.9 Å². The van der Waals surface area contributed by atoms with Gasteiger partial charge in [-0.25, -0.2) is 8.78 Å². The van der Waals surface area contributed by atoms with Gasteiger partial charge in [-0.2, -0.15) is 0 Å². The first-order valence-electron chi connectivity index (χ1n) is 6.07. The van der Waals surface area contributed by atoms with E-state index in [2.05, 4.69) is 0 Å². The second kappa shape index (κ2) is 4.72. The highest BCUT2D eigenvalue weighted by atomic mass is 35.5. The van der Waals surface area contributed by atoms with Crippen molar-refractivity contribution in [3.05, 3.63) is 28.8 Å². The molecular formula is C13H16BClF2O2. The summed E-state index contributed by atoms with van der Waals surface area (Å²) in [4.78, 5) is 0. The minimum absolute atomic E-state index is 0.0512. The summed E-state index contributed by atoms with van der Waals surface area (Å²) < 4.78 is 37.3. The van der Waals surface area contributed by atoms with Crippen molar-refractivity contribution in [2.24, 2.45) is 0 Å². The maximum atomic E-state index is 12.8. The molecule has 0 bridgehead atoms. The van der Waals surface area contributed by atoms with Crippen LogP contribution in [-0.4, -0.2) is 18.3 Å². The Balaban J connectivity index is 2.32. The van der Waals surface area contributed by atoms with Crippen molar-refractivity contribution in [2.45, 2.75) is 45.3 Å². The van der Waals surface area contributed by atoms with Crippen LogP contribution in [0.3, 0.4) is 0 Å². The quantitative estimate of drug-likeness (QED) is 0.775. The summed E-state index contributed by atoms with van der Waals surface area (Å²) in [7, 11) is -0.653. The van der Waals surface area contributed by atoms with Crippen LogP contribution in [0.2, 0.25) is 5.02 Å². The van der Waals surface area contributed by atoms with E-state index in [0.29, 0.717) is 5.46 Å². The lowest BCUT2D eigenvalue weighted by molar-refractivity contribution is 0.00578. The van der Waals surface area contributed by atoms with Gasteiger partial charge >= 0.3 is 7.12 Å². The molecule has 0 saturated carbocycles. The fourth-order valence-electron chi connectivity index (χ4n) is 1.86. The van der Waals surface area contributed by atoms with E-state index in [1.807, 2.05) is 27.7 Å². The van der Waals surface area contributed by atoms with Gasteiger partial charge in [-0.1, -0.05) is 23.7 Å². The van der Waals surface area contributed by atoms with Crippen molar-refractivity contribution in [1.82, 2.24) is 0 Å². The zero-order chi connectivity index (χ0) is 14.4. The van der Waals surface area contributed by atoms with Crippen LogP contribution in [0.5, 0.6) is 0 Å². The molecule has 1 aromatic carbocycles. The predicted octanol–water partition coefficient (Wildman–Crippen LogP) is 3.58. The molecule has 1 aromatic rings. The van der Waals surface area contributed by atoms with Gasteiger partial charge in [0.15, 0.2) is 0 Å². The average Bonchev–Trinajstić information content (AvgIpc) is 2.48. The monoisotopic (exact) mass is 288 g/mol. The third kappa shape index (κ3) is 2.64. The third-order valence-corrected chi connectivity index (χ3v) is 4.12.